The summed E-state index contributed by atoms with van der Waals surface area (Å²) >= 11 is 0. The Hall–Kier alpha value is -2.23. The van der Waals surface area contributed by atoms with E-state index in [4.69, 9.17) is 10.5 Å². The van der Waals surface area contributed by atoms with Crippen LogP contribution in [0.5, 0.6) is 5.75 Å². The van der Waals surface area contributed by atoms with Gasteiger partial charge >= 0.3 is 0 Å². The molecule has 1 heterocycles. The van der Waals surface area contributed by atoms with Crippen molar-refractivity contribution in [2.45, 2.75) is 19.9 Å². The first-order valence-corrected chi connectivity index (χ1v) is 6.31. The highest BCUT2D eigenvalue weighted by atomic mass is 16.5. The average molecular weight is 257 g/mol. The minimum absolute atomic E-state index is 0.679. The normalized spacial score (nSPS) is 10.4. The number of hydrogen-bond acceptors (Lipinski definition) is 3. The molecule has 0 aliphatic rings. The van der Waals surface area contributed by atoms with Gasteiger partial charge in [-0.05, 0) is 24.3 Å². The molecule has 0 amide bonds. The summed E-state index contributed by atoms with van der Waals surface area (Å²) in [7, 11) is 1.65. The minimum Gasteiger partial charge on any atom is -0.497 e. The van der Waals surface area contributed by atoms with Crippen LogP contribution in [-0.2, 0) is 13.0 Å². The molecule has 0 aliphatic heterocycles. The number of ether oxygens (including phenoxy) is 1. The number of imidazole rings is 1. The third-order valence-corrected chi connectivity index (χ3v) is 3.08. The van der Waals surface area contributed by atoms with E-state index in [1.165, 1.54) is 0 Å². The largest absolute Gasteiger partial charge is 0.497 e. The molecule has 4 nitrogen and oxygen atoms in total. The summed E-state index contributed by atoms with van der Waals surface area (Å²) in [4.78, 5) is 4.62. The van der Waals surface area contributed by atoms with Gasteiger partial charge < -0.3 is 15.0 Å². The van der Waals surface area contributed by atoms with E-state index in [0.717, 1.165) is 29.3 Å². The number of aromatic nitrogens is 2. The highest BCUT2D eigenvalue weighted by Crippen LogP contribution is 2.28. The van der Waals surface area contributed by atoms with Crippen LogP contribution in [0.3, 0.4) is 0 Å². The van der Waals surface area contributed by atoms with Crippen LogP contribution in [0.15, 0.2) is 36.9 Å². The number of anilines is 1. The molecule has 0 bridgehead atoms. The van der Waals surface area contributed by atoms with E-state index in [1.807, 2.05) is 34.9 Å². The summed E-state index contributed by atoms with van der Waals surface area (Å²) in [6, 6.07) is 7.75. The lowest BCUT2D eigenvalue weighted by Gasteiger charge is -2.05. The van der Waals surface area contributed by atoms with Gasteiger partial charge in [0.15, 0.2) is 0 Å². The molecule has 19 heavy (non-hydrogen) atoms. The number of methoxy groups -OCH3 is 1. The molecule has 0 aliphatic carbocycles. The van der Waals surface area contributed by atoms with Gasteiger partial charge in [-0.2, -0.15) is 0 Å². The molecule has 1 aromatic heterocycles. The Morgan fingerprint density at radius 2 is 2.05 bits per heavy atom. The van der Waals surface area contributed by atoms with Crippen molar-refractivity contribution in [3.63, 3.8) is 0 Å². The van der Waals surface area contributed by atoms with Crippen molar-refractivity contribution in [2.75, 3.05) is 12.8 Å². The lowest BCUT2D eigenvalue weighted by atomic mass is 10.1. The summed E-state index contributed by atoms with van der Waals surface area (Å²) in [5.74, 6) is 2.48. The van der Waals surface area contributed by atoms with Gasteiger partial charge in [-0.15, -0.1) is 6.58 Å². The van der Waals surface area contributed by atoms with E-state index in [9.17, 15) is 0 Å². The summed E-state index contributed by atoms with van der Waals surface area (Å²) in [6.07, 6.45) is 2.67. The molecular weight excluding hydrogens is 238 g/mol. The Morgan fingerprint density at radius 1 is 1.37 bits per heavy atom. The molecule has 0 spiro atoms. The Balaban J connectivity index is 2.46. The van der Waals surface area contributed by atoms with Gasteiger partial charge in [-0.25, -0.2) is 4.98 Å². The molecule has 0 saturated carbocycles. The van der Waals surface area contributed by atoms with Crippen molar-refractivity contribution < 1.29 is 4.74 Å². The highest BCUT2D eigenvalue weighted by molar-refractivity contribution is 5.71. The topological polar surface area (TPSA) is 53.1 Å². The molecule has 0 atom stereocenters. The number of allylic oxidation sites excluding steroid dienone is 1. The van der Waals surface area contributed by atoms with Crippen LogP contribution < -0.4 is 10.5 Å². The second-order valence-corrected chi connectivity index (χ2v) is 4.24. The van der Waals surface area contributed by atoms with Gasteiger partial charge in [-0.1, -0.05) is 13.0 Å². The Kier molecular flexibility index (Phi) is 3.90. The standard InChI is InChI=1S/C15H19N3O/c1-4-10-18-13(5-2)17-14(15(18)16)11-6-8-12(19-3)9-7-11/h4,6-9H,1,5,10,16H2,2-3H3. The van der Waals surface area contributed by atoms with Crippen molar-refractivity contribution in [3.8, 4) is 17.0 Å². The summed E-state index contributed by atoms with van der Waals surface area (Å²) < 4.78 is 7.15. The maximum atomic E-state index is 6.19. The van der Waals surface area contributed by atoms with Crippen LogP contribution >= 0.6 is 0 Å². The number of benzene rings is 1. The Bertz CT molecular complexity index is 570. The van der Waals surface area contributed by atoms with Crippen molar-refractivity contribution in [3.05, 3.63) is 42.7 Å². The molecule has 0 unspecified atom stereocenters. The molecule has 0 fully saturated rings. The third-order valence-electron chi connectivity index (χ3n) is 3.08. The molecule has 100 valence electrons. The number of nitrogens with zero attached hydrogens (tertiary/aromatic N) is 2. The first-order valence-electron chi connectivity index (χ1n) is 6.31. The second kappa shape index (κ2) is 5.61. The SMILES string of the molecule is C=CCn1c(CC)nc(-c2ccc(OC)cc2)c1N. The smallest absolute Gasteiger partial charge is 0.132 e. The van der Waals surface area contributed by atoms with E-state index in [2.05, 4.69) is 18.5 Å². The second-order valence-electron chi connectivity index (χ2n) is 4.24. The quantitative estimate of drug-likeness (QED) is 0.838. The maximum Gasteiger partial charge on any atom is 0.132 e. The zero-order valence-corrected chi connectivity index (χ0v) is 11.4. The lowest BCUT2D eigenvalue weighted by Crippen LogP contribution is -2.05. The fourth-order valence-corrected chi connectivity index (χ4v) is 2.08. The monoisotopic (exact) mass is 257 g/mol. The van der Waals surface area contributed by atoms with Crippen LogP contribution in [-0.4, -0.2) is 16.7 Å². The van der Waals surface area contributed by atoms with E-state index in [-0.39, 0.29) is 0 Å². The van der Waals surface area contributed by atoms with Crippen LogP contribution in [0.2, 0.25) is 0 Å². The van der Waals surface area contributed by atoms with Gasteiger partial charge in [0.05, 0.1) is 7.11 Å². The summed E-state index contributed by atoms with van der Waals surface area (Å²) in [5.41, 5.74) is 8.01. The predicted molar refractivity (Wildman–Crippen MR) is 78.2 cm³/mol. The molecule has 2 aromatic rings. The fraction of sp³-hybridized carbons (Fsp3) is 0.267. The first kappa shape index (κ1) is 13.2. The highest BCUT2D eigenvalue weighted by Gasteiger charge is 2.14. The molecule has 0 saturated heterocycles. The van der Waals surface area contributed by atoms with E-state index in [1.54, 1.807) is 7.11 Å². The first-order chi connectivity index (χ1) is 9.21. The average Bonchev–Trinajstić information content (AvgIpc) is 2.76. The molecule has 1 aromatic carbocycles. The lowest BCUT2D eigenvalue weighted by molar-refractivity contribution is 0.415. The predicted octanol–water partition coefficient (Wildman–Crippen LogP) is 2.89. The van der Waals surface area contributed by atoms with Crippen LogP contribution in [0.4, 0.5) is 5.82 Å². The van der Waals surface area contributed by atoms with Gasteiger partial charge in [0.1, 0.15) is 23.1 Å². The van der Waals surface area contributed by atoms with Gasteiger partial charge in [-0.3, -0.25) is 0 Å². The molecule has 2 N–H and O–H groups in total. The maximum absolute atomic E-state index is 6.19. The van der Waals surface area contributed by atoms with Crippen molar-refractivity contribution >= 4 is 5.82 Å². The van der Waals surface area contributed by atoms with Gasteiger partial charge in [0.2, 0.25) is 0 Å². The molecule has 0 radical (unpaired) electrons. The van der Waals surface area contributed by atoms with Crippen LogP contribution in [0, 0.1) is 0 Å². The zero-order chi connectivity index (χ0) is 13.8. The Morgan fingerprint density at radius 3 is 2.58 bits per heavy atom. The summed E-state index contributed by atoms with van der Waals surface area (Å²) in [6.45, 7) is 6.50. The van der Waals surface area contributed by atoms with E-state index in [0.29, 0.717) is 12.4 Å². The van der Waals surface area contributed by atoms with Crippen LogP contribution in [0.1, 0.15) is 12.7 Å². The van der Waals surface area contributed by atoms with Crippen molar-refractivity contribution in [2.24, 2.45) is 0 Å². The molecule has 4 heteroatoms. The Labute approximate surface area is 113 Å². The number of nitrogens with two attached hydrogens (primary N) is 1. The molecular formula is C15H19N3O. The number of nitrogen functional groups attached to an aromatic ring is 1. The van der Waals surface area contributed by atoms with E-state index < -0.39 is 0 Å². The van der Waals surface area contributed by atoms with Crippen molar-refractivity contribution in [1.29, 1.82) is 0 Å². The number of rotatable bonds is 5. The zero-order valence-electron chi connectivity index (χ0n) is 11.4. The summed E-state index contributed by atoms with van der Waals surface area (Å²) in [5, 5.41) is 0. The third kappa shape index (κ3) is 2.47. The number of hydrogen-bond donors (Lipinski definition) is 1. The number of aryl methyl sites for hydroxylation is 1. The minimum atomic E-state index is 0.679. The van der Waals surface area contributed by atoms with E-state index >= 15 is 0 Å². The fourth-order valence-electron chi connectivity index (χ4n) is 2.08. The van der Waals surface area contributed by atoms with Crippen molar-refractivity contribution in [1.82, 2.24) is 9.55 Å². The molecule has 2 rings (SSSR count). The van der Waals surface area contributed by atoms with Gasteiger partial charge in [0, 0.05) is 18.5 Å². The van der Waals surface area contributed by atoms with Crippen LogP contribution in [0.25, 0.3) is 11.3 Å². The van der Waals surface area contributed by atoms with Gasteiger partial charge in [0.25, 0.3) is 0 Å².